The minimum absolute atomic E-state index is 0. The Morgan fingerprint density at radius 1 is 0.617 bits per heavy atom. The van der Waals surface area contributed by atoms with Gasteiger partial charge >= 0.3 is 21.1 Å². The predicted molar refractivity (Wildman–Crippen MR) is 244 cm³/mol. The molecule has 298 valence electrons. The van der Waals surface area contributed by atoms with Crippen LogP contribution in [-0.2, 0) is 26.5 Å². The third-order valence-corrected chi connectivity index (χ3v) is 11.8. The van der Waals surface area contributed by atoms with Crippen molar-refractivity contribution in [2.45, 2.75) is 65.7 Å². The Bertz CT molecular complexity index is 3190. The van der Waals surface area contributed by atoms with Crippen molar-refractivity contribution in [3.63, 3.8) is 0 Å². The Hall–Kier alpha value is -6.10. The molecule has 5 aromatic heterocycles. The zero-order chi connectivity index (χ0) is 40.6. The third kappa shape index (κ3) is 6.40. The fourth-order valence-electron chi connectivity index (χ4n) is 8.84. The largest absolute Gasteiger partial charge is 2.00 e. The molecular formula is C53H46N6Pt. The van der Waals surface area contributed by atoms with E-state index < -0.39 is 0 Å². The van der Waals surface area contributed by atoms with Crippen LogP contribution in [-0.4, -0.2) is 24.2 Å². The molecule has 0 aliphatic carbocycles. The van der Waals surface area contributed by atoms with Crippen LogP contribution in [0.1, 0.15) is 77.0 Å². The van der Waals surface area contributed by atoms with Gasteiger partial charge in [0.25, 0.3) is 0 Å². The molecule has 0 aliphatic heterocycles. The van der Waals surface area contributed by atoms with Gasteiger partial charge in [0.15, 0.2) is 0 Å². The zero-order valence-corrected chi connectivity index (χ0v) is 37.2. The van der Waals surface area contributed by atoms with Crippen LogP contribution in [0.4, 0.5) is 0 Å². The first-order valence-electron chi connectivity index (χ1n) is 20.6. The second-order valence-electron chi connectivity index (χ2n) is 17.3. The third-order valence-electron chi connectivity index (χ3n) is 11.8. The molecule has 0 atom stereocenters. The first kappa shape index (κ1) is 39.4. The number of para-hydroxylation sites is 2. The van der Waals surface area contributed by atoms with Gasteiger partial charge in [0.05, 0.1) is 16.9 Å². The molecule has 0 unspecified atom stereocenters. The van der Waals surface area contributed by atoms with Crippen molar-refractivity contribution in [1.82, 2.24) is 29.3 Å². The fraction of sp³-hybridized carbons (Fsp3) is 0.189. The summed E-state index contributed by atoms with van der Waals surface area (Å²) in [6, 6.07) is 51.2. The van der Waals surface area contributed by atoms with E-state index in [1.165, 1.54) is 22.3 Å². The second kappa shape index (κ2) is 15.2. The van der Waals surface area contributed by atoms with Crippen molar-refractivity contribution in [2.75, 3.05) is 0 Å². The summed E-state index contributed by atoms with van der Waals surface area (Å²) in [7, 11) is 0. The number of benzene rings is 5. The van der Waals surface area contributed by atoms with E-state index in [-0.39, 0.29) is 26.5 Å². The van der Waals surface area contributed by atoms with Crippen LogP contribution in [0.15, 0.2) is 140 Å². The smallest absolute Gasteiger partial charge is 0.573 e. The summed E-state index contributed by atoms with van der Waals surface area (Å²) in [5.41, 5.74) is 14.3. The van der Waals surface area contributed by atoms with Gasteiger partial charge in [-0.2, -0.15) is 6.07 Å². The quantitative estimate of drug-likeness (QED) is 0.149. The molecule has 0 radical (unpaired) electrons. The van der Waals surface area contributed by atoms with Gasteiger partial charge < -0.3 is 19.3 Å². The first-order chi connectivity index (χ1) is 28.6. The van der Waals surface area contributed by atoms with Crippen LogP contribution in [0, 0.1) is 6.07 Å². The molecule has 6 nitrogen and oxygen atoms in total. The van der Waals surface area contributed by atoms with E-state index in [9.17, 15) is 0 Å². The Kier molecular flexibility index (Phi) is 9.96. The van der Waals surface area contributed by atoms with E-state index in [0.717, 1.165) is 83.5 Å². The van der Waals surface area contributed by atoms with E-state index in [4.69, 9.17) is 20.2 Å². The van der Waals surface area contributed by atoms with Gasteiger partial charge in [-0.15, -0.1) is 17.5 Å². The van der Waals surface area contributed by atoms with Gasteiger partial charge in [-0.1, -0.05) is 150 Å². The van der Waals surface area contributed by atoms with Crippen molar-refractivity contribution in [3.8, 4) is 45.3 Å². The van der Waals surface area contributed by atoms with E-state index in [0.29, 0.717) is 11.8 Å². The Labute approximate surface area is 365 Å². The van der Waals surface area contributed by atoms with Gasteiger partial charge in [0.1, 0.15) is 11.5 Å². The van der Waals surface area contributed by atoms with Crippen molar-refractivity contribution >= 4 is 43.7 Å². The van der Waals surface area contributed by atoms with Crippen LogP contribution >= 0.6 is 0 Å². The van der Waals surface area contributed by atoms with Gasteiger partial charge in [0.2, 0.25) is 0 Å². The van der Waals surface area contributed by atoms with Crippen LogP contribution in [0.5, 0.6) is 0 Å². The van der Waals surface area contributed by atoms with Gasteiger partial charge in [-0.25, -0.2) is 9.97 Å². The molecule has 10 rings (SSSR count). The van der Waals surface area contributed by atoms with Crippen LogP contribution < -0.4 is 5.10 Å². The Balaban J connectivity index is 0.00000462. The van der Waals surface area contributed by atoms with E-state index in [2.05, 4.69) is 191 Å². The average Bonchev–Trinajstić information content (AvgIpc) is 3.93. The van der Waals surface area contributed by atoms with Gasteiger partial charge in [-0.3, -0.25) is 0 Å². The number of aromatic nitrogens is 6. The minimum atomic E-state index is -0.0291. The summed E-state index contributed by atoms with van der Waals surface area (Å²) in [5.74, 6) is 1.46. The topological polar surface area (TPSA) is 62.6 Å². The minimum Gasteiger partial charge on any atom is -0.573 e. The number of hydrogen-bond donors (Lipinski definition) is 0. The maximum absolute atomic E-state index is 5.56. The molecule has 5 heterocycles. The number of nitrogens with zero attached hydrogens (tertiary/aromatic N) is 6. The number of pyridine rings is 2. The van der Waals surface area contributed by atoms with Crippen molar-refractivity contribution in [3.05, 3.63) is 162 Å². The van der Waals surface area contributed by atoms with Crippen molar-refractivity contribution in [2.24, 2.45) is 0 Å². The number of hydrogen-bond acceptors (Lipinski definition) is 3. The summed E-state index contributed by atoms with van der Waals surface area (Å²) in [6.45, 7) is 15.8. The van der Waals surface area contributed by atoms with Crippen LogP contribution in [0.2, 0.25) is 0 Å². The summed E-state index contributed by atoms with van der Waals surface area (Å²) in [5, 5.41) is 14.4. The summed E-state index contributed by atoms with van der Waals surface area (Å²) in [4.78, 5) is 10.5. The van der Waals surface area contributed by atoms with Crippen molar-refractivity contribution < 1.29 is 21.1 Å². The molecular weight excluding hydrogens is 916 g/mol. The molecule has 0 aliphatic rings. The SMILES string of the molecule is CC(C)c1cccc(C(C)C)c1-c1c(-c2ccccc2)n[n-]c1-c1ccc2c3ccccc3n(-c3[c-]c4c(cc3)c3ccccc3n4-c3cc(C(C)(C)C)ccn3)c2n1.[Pt+2]. The average molecular weight is 962 g/mol. The fourth-order valence-corrected chi connectivity index (χ4v) is 8.84. The molecule has 0 N–H and O–H groups in total. The van der Waals surface area contributed by atoms with Gasteiger partial charge in [-0.05, 0) is 92.4 Å². The monoisotopic (exact) mass is 961 g/mol. The standard InChI is InChI=1S/C53H46N6.Pt/c1-32(2)37-20-15-21-38(33(3)4)48(37)49-50(34-16-9-8-10-17-34)56-57-51(49)43-27-26-42-40-19-12-13-22-44(40)58(52(42)55-43)36-24-25-41-39-18-11-14-23-45(39)59(46(41)31-36)47-30-35(28-29-54-47)53(5,6)7;/h8-30,32-33H,1-7H3;/q-2;+2. The summed E-state index contributed by atoms with van der Waals surface area (Å²) in [6.07, 6.45) is 1.92. The predicted octanol–water partition coefficient (Wildman–Crippen LogP) is 13.4. The molecule has 0 saturated heterocycles. The maximum atomic E-state index is 5.56. The van der Waals surface area contributed by atoms with Crippen molar-refractivity contribution in [1.29, 1.82) is 0 Å². The van der Waals surface area contributed by atoms with E-state index in [1.54, 1.807) is 0 Å². The van der Waals surface area contributed by atoms with E-state index in [1.807, 2.05) is 12.3 Å². The zero-order valence-electron chi connectivity index (χ0n) is 34.9. The summed E-state index contributed by atoms with van der Waals surface area (Å²) < 4.78 is 4.51. The molecule has 7 heteroatoms. The normalized spacial score (nSPS) is 12.1. The molecule has 0 spiro atoms. The van der Waals surface area contributed by atoms with Crippen LogP contribution in [0.25, 0.3) is 89.0 Å². The van der Waals surface area contributed by atoms with E-state index >= 15 is 0 Å². The number of rotatable bonds is 7. The molecule has 0 saturated carbocycles. The molecule has 0 amide bonds. The second-order valence-corrected chi connectivity index (χ2v) is 17.3. The Morgan fingerprint density at radius 3 is 1.93 bits per heavy atom. The van der Waals surface area contributed by atoms with Gasteiger partial charge in [0, 0.05) is 22.5 Å². The molecule has 0 bridgehead atoms. The molecule has 10 aromatic rings. The number of fused-ring (bicyclic) bond motifs is 6. The first-order valence-corrected chi connectivity index (χ1v) is 20.6. The molecule has 5 aromatic carbocycles. The van der Waals surface area contributed by atoms with Crippen LogP contribution in [0.3, 0.4) is 0 Å². The maximum Gasteiger partial charge on any atom is 2.00 e. The molecule has 0 fully saturated rings. The Morgan fingerprint density at radius 2 is 1.25 bits per heavy atom. The summed E-state index contributed by atoms with van der Waals surface area (Å²) >= 11 is 0. The molecule has 60 heavy (non-hydrogen) atoms.